The van der Waals surface area contributed by atoms with Gasteiger partial charge in [-0.15, -0.1) is 0 Å². The lowest BCUT2D eigenvalue weighted by atomic mass is 9.98. The van der Waals surface area contributed by atoms with Crippen LogP contribution in [0.1, 0.15) is 181 Å². The van der Waals surface area contributed by atoms with Crippen molar-refractivity contribution in [2.45, 2.75) is 187 Å². The van der Waals surface area contributed by atoms with Crippen LogP contribution in [0.5, 0.6) is 0 Å². The van der Waals surface area contributed by atoms with Crippen molar-refractivity contribution < 1.29 is 4.79 Å². The van der Waals surface area contributed by atoms with Crippen molar-refractivity contribution in [1.82, 2.24) is 10.0 Å². The van der Waals surface area contributed by atoms with Crippen molar-refractivity contribution in [3.05, 3.63) is 0 Å². The molecular formula is C34H68N2O. The van der Waals surface area contributed by atoms with Crippen molar-refractivity contribution in [3.8, 4) is 0 Å². The molecule has 1 aliphatic rings. The third-order valence-corrected chi connectivity index (χ3v) is 8.75. The van der Waals surface area contributed by atoms with Crippen LogP contribution in [0.25, 0.3) is 0 Å². The second-order valence-electron chi connectivity index (χ2n) is 12.6. The molecule has 0 saturated heterocycles. The summed E-state index contributed by atoms with van der Waals surface area (Å²) in [5.74, 6) is 2.47. The van der Waals surface area contributed by atoms with Crippen molar-refractivity contribution in [2.75, 3.05) is 14.1 Å². The lowest BCUT2D eigenvalue weighted by Gasteiger charge is -2.37. The van der Waals surface area contributed by atoms with Gasteiger partial charge in [-0.1, -0.05) is 149 Å². The van der Waals surface area contributed by atoms with E-state index in [9.17, 15) is 4.79 Å². The maximum Gasteiger partial charge on any atom is 0.237 e. The highest BCUT2D eigenvalue weighted by molar-refractivity contribution is 5.75. The Morgan fingerprint density at radius 3 is 1.41 bits per heavy atom. The molecule has 0 spiro atoms. The molecule has 0 aromatic carbocycles. The highest BCUT2D eigenvalue weighted by atomic mass is 16.2. The van der Waals surface area contributed by atoms with Crippen LogP contribution in [0.2, 0.25) is 0 Å². The van der Waals surface area contributed by atoms with Gasteiger partial charge in [0, 0.05) is 26.6 Å². The summed E-state index contributed by atoms with van der Waals surface area (Å²) >= 11 is 0. The lowest BCUT2D eigenvalue weighted by molar-refractivity contribution is -0.151. The largest absolute Gasteiger partial charge is 0.273 e. The Morgan fingerprint density at radius 1 is 0.595 bits per heavy atom. The predicted octanol–water partition coefficient (Wildman–Crippen LogP) is 10.7. The standard InChI is InChI=1S/C34H68N2O/c1-6-9-11-13-15-19-23-28-33(36(35(4)5)34(37)25-8-3)29-24-20-16-18-22-27-32-30-31(32)26-21-17-14-12-10-7-2/h31-33H,6-30H2,1-5H3. The zero-order valence-corrected chi connectivity index (χ0v) is 26.2. The lowest BCUT2D eigenvalue weighted by Crippen LogP contribution is -2.48. The third kappa shape index (κ3) is 17.6. The number of amides is 1. The molecule has 1 rings (SSSR count). The van der Waals surface area contributed by atoms with Crippen molar-refractivity contribution in [2.24, 2.45) is 11.8 Å². The van der Waals surface area contributed by atoms with E-state index in [-0.39, 0.29) is 0 Å². The Hall–Kier alpha value is -0.570. The molecule has 0 bridgehead atoms. The first-order valence-corrected chi connectivity index (χ1v) is 17.0. The van der Waals surface area contributed by atoms with Gasteiger partial charge in [0.25, 0.3) is 0 Å². The molecular weight excluding hydrogens is 452 g/mol. The first-order chi connectivity index (χ1) is 18.0. The molecule has 220 valence electrons. The van der Waals surface area contributed by atoms with Gasteiger partial charge in [0.05, 0.1) is 0 Å². The highest BCUT2D eigenvalue weighted by Gasteiger charge is 2.35. The molecule has 0 heterocycles. The van der Waals surface area contributed by atoms with E-state index >= 15 is 0 Å². The van der Waals surface area contributed by atoms with Gasteiger partial charge in [0.1, 0.15) is 0 Å². The number of carbonyl (C=O) groups is 1. The minimum atomic E-state index is 0.320. The van der Waals surface area contributed by atoms with Crippen LogP contribution in [0.3, 0.4) is 0 Å². The molecule has 1 aliphatic carbocycles. The van der Waals surface area contributed by atoms with Crippen molar-refractivity contribution >= 4 is 5.91 Å². The molecule has 0 aliphatic heterocycles. The van der Waals surface area contributed by atoms with Gasteiger partial charge in [-0.3, -0.25) is 9.80 Å². The fraction of sp³-hybridized carbons (Fsp3) is 0.971. The third-order valence-electron chi connectivity index (χ3n) is 8.75. The number of unbranched alkanes of at least 4 members (excludes halogenated alkanes) is 15. The molecule has 3 nitrogen and oxygen atoms in total. The van der Waals surface area contributed by atoms with E-state index in [2.05, 4.69) is 44.9 Å². The zero-order valence-electron chi connectivity index (χ0n) is 26.2. The topological polar surface area (TPSA) is 23.6 Å². The first kappa shape index (κ1) is 34.5. The summed E-state index contributed by atoms with van der Waals surface area (Å²) in [5, 5.41) is 4.18. The van der Waals surface area contributed by atoms with Gasteiger partial charge in [-0.2, -0.15) is 0 Å². The van der Waals surface area contributed by atoms with Crippen molar-refractivity contribution in [1.29, 1.82) is 0 Å². The summed E-state index contributed by atoms with van der Waals surface area (Å²) in [6.45, 7) is 6.71. The molecule has 1 saturated carbocycles. The molecule has 1 amide bonds. The number of rotatable bonds is 27. The fourth-order valence-electron chi connectivity index (χ4n) is 6.33. The van der Waals surface area contributed by atoms with Crippen molar-refractivity contribution in [3.63, 3.8) is 0 Å². The number of hydrazine groups is 1. The smallest absolute Gasteiger partial charge is 0.237 e. The summed E-state index contributed by atoms with van der Waals surface area (Å²) in [6.07, 6.45) is 33.4. The predicted molar refractivity (Wildman–Crippen MR) is 164 cm³/mol. The summed E-state index contributed by atoms with van der Waals surface area (Å²) < 4.78 is 0. The molecule has 0 N–H and O–H groups in total. The van der Waals surface area contributed by atoms with Gasteiger partial charge in [-0.05, 0) is 37.5 Å². The van der Waals surface area contributed by atoms with Crippen LogP contribution in [-0.4, -0.2) is 36.1 Å². The van der Waals surface area contributed by atoms with Crippen LogP contribution in [-0.2, 0) is 4.79 Å². The van der Waals surface area contributed by atoms with Gasteiger partial charge >= 0.3 is 0 Å². The van der Waals surface area contributed by atoms with Crippen LogP contribution < -0.4 is 0 Å². The quantitative estimate of drug-likeness (QED) is 0.0794. The monoisotopic (exact) mass is 521 g/mol. The molecule has 3 unspecified atom stereocenters. The Morgan fingerprint density at radius 2 is 1.00 bits per heavy atom. The number of nitrogens with zero attached hydrogens (tertiary/aromatic N) is 2. The summed E-state index contributed by atoms with van der Waals surface area (Å²) in [7, 11) is 4.12. The van der Waals surface area contributed by atoms with Crippen LogP contribution in [0.15, 0.2) is 0 Å². The highest BCUT2D eigenvalue weighted by Crippen LogP contribution is 2.45. The zero-order chi connectivity index (χ0) is 27.1. The van der Waals surface area contributed by atoms with E-state index in [1.807, 2.05) is 0 Å². The summed E-state index contributed by atoms with van der Waals surface area (Å²) in [5.41, 5.74) is 0. The van der Waals surface area contributed by atoms with Gasteiger partial charge in [-0.25, -0.2) is 5.01 Å². The van der Waals surface area contributed by atoms with E-state index < -0.39 is 0 Å². The Kier molecular flexibility index (Phi) is 21.7. The molecule has 37 heavy (non-hydrogen) atoms. The maximum absolute atomic E-state index is 12.9. The molecule has 0 aromatic rings. The second-order valence-corrected chi connectivity index (χ2v) is 12.6. The average Bonchev–Trinajstić information content (AvgIpc) is 3.62. The average molecular weight is 521 g/mol. The molecule has 1 fully saturated rings. The number of carbonyl (C=O) groups excluding carboxylic acids is 1. The fourth-order valence-corrected chi connectivity index (χ4v) is 6.33. The molecule has 3 atom stereocenters. The number of hydrogen-bond acceptors (Lipinski definition) is 2. The minimum Gasteiger partial charge on any atom is -0.273 e. The van der Waals surface area contributed by atoms with E-state index in [1.165, 1.54) is 148 Å². The maximum atomic E-state index is 12.9. The Balaban J connectivity index is 2.21. The van der Waals surface area contributed by atoms with Gasteiger partial charge in [0.15, 0.2) is 0 Å². The summed E-state index contributed by atoms with van der Waals surface area (Å²) in [4.78, 5) is 12.9. The molecule has 0 aromatic heterocycles. The van der Waals surface area contributed by atoms with E-state index in [0.717, 1.165) is 18.3 Å². The van der Waals surface area contributed by atoms with Crippen LogP contribution >= 0.6 is 0 Å². The molecule has 3 heteroatoms. The normalized spacial score (nSPS) is 17.9. The van der Waals surface area contributed by atoms with E-state index in [1.54, 1.807) is 0 Å². The Labute approximate surface area is 233 Å². The second kappa shape index (κ2) is 23.3. The minimum absolute atomic E-state index is 0.320. The van der Waals surface area contributed by atoms with Gasteiger partial charge in [0.2, 0.25) is 5.91 Å². The molecule has 0 radical (unpaired) electrons. The van der Waals surface area contributed by atoms with E-state index in [4.69, 9.17) is 0 Å². The SMILES string of the molecule is CCCCCCCCCC(CCCCCCCC1CC1CCCCCCCC)N(C(=O)CCC)N(C)C. The van der Waals surface area contributed by atoms with Gasteiger partial charge < -0.3 is 0 Å². The first-order valence-electron chi connectivity index (χ1n) is 17.0. The van der Waals surface area contributed by atoms with Crippen LogP contribution in [0, 0.1) is 11.8 Å². The number of hydrogen-bond donors (Lipinski definition) is 0. The van der Waals surface area contributed by atoms with E-state index in [0.29, 0.717) is 18.4 Å². The van der Waals surface area contributed by atoms with Crippen LogP contribution in [0.4, 0.5) is 0 Å². The summed E-state index contributed by atoms with van der Waals surface area (Å²) in [6, 6.07) is 0.388. The Bertz CT molecular complexity index is 520.